The number of aromatic nitrogens is 4. The maximum atomic E-state index is 13.1. The Balaban J connectivity index is 1.41. The highest BCUT2D eigenvalue weighted by molar-refractivity contribution is 5.94. The van der Waals surface area contributed by atoms with Crippen molar-refractivity contribution in [2.45, 2.75) is 32.6 Å². The summed E-state index contributed by atoms with van der Waals surface area (Å²) in [5.41, 5.74) is 3.43. The van der Waals surface area contributed by atoms with E-state index in [1.54, 1.807) is 29.5 Å². The number of piperidine rings is 1. The van der Waals surface area contributed by atoms with Gasteiger partial charge in [-0.15, -0.1) is 10.2 Å². The molecule has 0 aliphatic carbocycles. The van der Waals surface area contributed by atoms with E-state index in [2.05, 4.69) is 46.4 Å². The largest absolute Gasteiger partial charge is 0.338 e. The third-order valence-corrected chi connectivity index (χ3v) is 5.57. The molecule has 1 atom stereocenters. The van der Waals surface area contributed by atoms with Crippen LogP contribution in [0.1, 0.15) is 40.7 Å². The van der Waals surface area contributed by atoms with Crippen molar-refractivity contribution in [1.29, 1.82) is 0 Å². The van der Waals surface area contributed by atoms with Crippen LogP contribution in [0.5, 0.6) is 0 Å². The number of pyridine rings is 1. The zero-order valence-electron chi connectivity index (χ0n) is 16.2. The van der Waals surface area contributed by atoms with Crippen LogP contribution in [0.25, 0.3) is 5.82 Å². The highest BCUT2D eigenvalue weighted by Gasteiger charge is 2.24. The predicted octanol–water partition coefficient (Wildman–Crippen LogP) is 3.46. The number of carbonyl (C=O) groups is 1. The van der Waals surface area contributed by atoms with Crippen LogP contribution in [0.15, 0.2) is 55.2 Å². The maximum Gasteiger partial charge on any atom is 0.254 e. The zero-order valence-corrected chi connectivity index (χ0v) is 16.2. The van der Waals surface area contributed by atoms with Crippen molar-refractivity contribution in [2.75, 3.05) is 13.1 Å². The van der Waals surface area contributed by atoms with Crippen molar-refractivity contribution in [3.63, 3.8) is 0 Å². The van der Waals surface area contributed by atoms with Gasteiger partial charge in [0.15, 0.2) is 0 Å². The van der Waals surface area contributed by atoms with Crippen LogP contribution >= 0.6 is 0 Å². The van der Waals surface area contributed by atoms with E-state index < -0.39 is 0 Å². The van der Waals surface area contributed by atoms with Gasteiger partial charge in [0.05, 0.1) is 0 Å². The number of amides is 1. The number of carbonyl (C=O) groups excluding carboxylic acids is 1. The minimum atomic E-state index is 0.0808. The molecule has 1 aromatic carbocycles. The first kappa shape index (κ1) is 18.3. The molecule has 0 N–H and O–H groups in total. The quantitative estimate of drug-likeness (QED) is 0.685. The lowest BCUT2D eigenvalue weighted by Gasteiger charge is -2.33. The fourth-order valence-corrected chi connectivity index (χ4v) is 3.93. The molecule has 3 heterocycles. The number of aryl methyl sites for hydroxylation is 2. The molecule has 0 spiro atoms. The van der Waals surface area contributed by atoms with Crippen molar-refractivity contribution in [2.24, 2.45) is 5.92 Å². The molecule has 4 rings (SSSR count). The van der Waals surface area contributed by atoms with E-state index in [0.29, 0.717) is 17.3 Å². The van der Waals surface area contributed by atoms with E-state index in [9.17, 15) is 4.79 Å². The van der Waals surface area contributed by atoms with Gasteiger partial charge in [-0.2, -0.15) is 0 Å². The highest BCUT2D eigenvalue weighted by atomic mass is 16.2. The average Bonchev–Trinajstić information content (AvgIpc) is 3.28. The third kappa shape index (κ3) is 4.11. The molecule has 0 unspecified atom stereocenters. The molecule has 1 fully saturated rings. The first-order valence-electron chi connectivity index (χ1n) is 9.85. The second-order valence-corrected chi connectivity index (χ2v) is 7.50. The van der Waals surface area contributed by atoms with E-state index in [1.165, 1.54) is 17.5 Å². The summed E-state index contributed by atoms with van der Waals surface area (Å²) >= 11 is 0. The normalized spacial score (nSPS) is 16.9. The second kappa shape index (κ2) is 8.33. The molecule has 3 aromatic rings. The van der Waals surface area contributed by atoms with Crippen molar-refractivity contribution >= 4 is 5.91 Å². The molecule has 1 aliphatic heterocycles. The van der Waals surface area contributed by atoms with Crippen LogP contribution in [0, 0.1) is 12.8 Å². The molecule has 2 aromatic heterocycles. The Morgan fingerprint density at radius 2 is 2.00 bits per heavy atom. The van der Waals surface area contributed by atoms with Crippen LogP contribution in [-0.4, -0.2) is 43.6 Å². The van der Waals surface area contributed by atoms with E-state index in [0.717, 1.165) is 32.4 Å². The van der Waals surface area contributed by atoms with Crippen molar-refractivity contribution in [3.05, 3.63) is 71.9 Å². The fourth-order valence-electron chi connectivity index (χ4n) is 3.93. The topological polar surface area (TPSA) is 63.9 Å². The first-order valence-corrected chi connectivity index (χ1v) is 9.85. The summed E-state index contributed by atoms with van der Waals surface area (Å²) in [6.45, 7) is 3.82. The molecular formula is C22H25N5O. The van der Waals surface area contributed by atoms with E-state index in [4.69, 9.17) is 0 Å². The number of likely N-dealkylation sites (tertiary alicyclic amines) is 1. The van der Waals surface area contributed by atoms with Crippen LogP contribution in [0.3, 0.4) is 0 Å². The summed E-state index contributed by atoms with van der Waals surface area (Å²) in [6.07, 6.45) is 9.29. The van der Waals surface area contributed by atoms with Gasteiger partial charge in [-0.05, 0) is 61.8 Å². The van der Waals surface area contributed by atoms with Gasteiger partial charge in [-0.1, -0.05) is 24.3 Å². The zero-order chi connectivity index (χ0) is 19.3. The average molecular weight is 375 g/mol. The fraction of sp³-hybridized carbons (Fsp3) is 0.364. The Morgan fingerprint density at radius 3 is 2.82 bits per heavy atom. The summed E-state index contributed by atoms with van der Waals surface area (Å²) in [5, 5.41) is 7.60. The Morgan fingerprint density at radius 1 is 1.18 bits per heavy atom. The molecule has 144 valence electrons. The van der Waals surface area contributed by atoms with Crippen LogP contribution < -0.4 is 0 Å². The van der Waals surface area contributed by atoms with Crippen LogP contribution in [0.4, 0.5) is 0 Å². The van der Waals surface area contributed by atoms with Crippen molar-refractivity contribution in [1.82, 2.24) is 24.6 Å². The Kier molecular flexibility index (Phi) is 5.46. The highest BCUT2D eigenvalue weighted by Crippen LogP contribution is 2.24. The third-order valence-electron chi connectivity index (χ3n) is 5.57. The minimum absolute atomic E-state index is 0.0808. The smallest absolute Gasteiger partial charge is 0.254 e. The number of hydrogen-bond acceptors (Lipinski definition) is 4. The van der Waals surface area contributed by atoms with Crippen LogP contribution in [-0.2, 0) is 6.42 Å². The molecular weight excluding hydrogens is 350 g/mol. The molecule has 0 radical (unpaired) electrons. The molecule has 0 saturated carbocycles. The molecule has 6 nitrogen and oxygen atoms in total. The SMILES string of the molecule is Cc1ccccc1CC[C@@H]1CCCN(C(=O)c2ccnc(-n3cnnc3)c2)C1. The Hall–Kier alpha value is -3.02. The van der Waals surface area contributed by atoms with Gasteiger partial charge in [0.2, 0.25) is 0 Å². The predicted molar refractivity (Wildman–Crippen MR) is 107 cm³/mol. The molecule has 1 saturated heterocycles. The summed E-state index contributed by atoms with van der Waals surface area (Å²) in [7, 11) is 0. The molecule has 6 heteroatoms. The van der Waals surface area contributed by atoms with Crippen molar-refractivity contribution in [3.8, 4) is 5.82 Å². The van der Waals surface area contributed by atoms with E-state index in [1.807, 2.05) is 11.0 Å². The lowest BCUT2D eigenvalue weighted by molar-refractivity contribution is 0.0668. The number of rotatable bonds is 5. The van der Waals surface area contributed by atoms with Crippen molar-refractivity contribution < 1.29 is 4.79 Å². The summed E-state index contributed by atoms with van der Waals surface area (Å²) in [4.78, 5) is 19.4. The molecule has 0 bridgehead atoms. The minimum Gasteiger partial charge on any atom is -0.338 e. The Labute approximate surface area is 165 Å². The maximum absolute atomic E-state index is 13.1. The lowest BCUT2D eigenvalue weighted by Crippen LogP contribution is -2.40. The monoisotopic (exact) mass is 375 g/mol. The van der Waals surface area contributed by atoms with Gasteiger partial charge in [0.25, 0.3) is 5.91 Å². The van der Waals surface area contributed by atoms with Gasteiger partial charge in [-0.3, -0.25) is 9.36 Å². The van der Waals surface area contributed by atoms with Gasteiger partial charge < -0.3 is 4.90 Å². The second-order valence-electron chi connectivity index (χ2n) is 7.50. The van der Waals surface area contributed by atoms with Gasteiger partial charge in [0.1, 0.15) is 18.5 Å². The summed E-state index contributed by atoms with van der Waals surface area (Å²) in [6, 6.07) is 12.2. The molecule has 1 aliphatic rings. The lowest BCUT2D eigenvalue weighted by atomic mass is 9.90. The van der Waals surface area contributed by atoms with Gasteiger partial charge in [-0.25, -0.2) is 4.98 Å². The van der Waals surface area contributed by atoms with Gasteiger partial charge >= 0.3 is 0 Å². The number of benzene rings is 1. The summed E-state index contributed by atoms with van der Waals surface area (Å²) < 4.78 is 1.71. The van der Waals surface area contributed by atoms with Gasteiger partial charge in [0, 0.05) is 24.8 Å². The molecule has 1 amide bonds. The van der Waals surface area contributed by atoms with Crippen LogP contribution in [0.2, 0.25) is 0 Å². The standard InChI is InChI=1S/C22H25N5O/c1-17-5-2-3-7-19(17)9-8-18-6-4-12-26(14-18)22(28)20-10-11-23-21(13-20)27-15-24-25-16-27/h2-3,5,7,10-11,13,15-16,18H,4,6,8-9,12,14H2,1H3/t18-/m0/s1. The number of hydrogen-bond donors (Lipinski definition) is 0. The number of nitrogens with zero attached hydrogens (tertiary/aromatic N) is 5. The molecule has 28 heavy (non-hydrogen) atoms. The van der Waals surface area contributed by atoms with E-state index >= 15 is 0 Å². The van der Waals surface area contributed by atoms with E-state index in [-0.39, 0.29) is 5.91 Å². The summed E-state index contributed by atoms with van der Waals surface area (Å²) in [5.74, 6) is 1.29. The Bertz CT molecular complexity index is 938. The first-order chi connectivity index (χ1) is 13.7.